The first-order valence-electron chi connectivity index (χ1n) is 7.94. The molecular weight excluding hydrogens is 278 g/mol. The third kappa shape index (κ3) is 2.86. The van der Waals surface area contributed by atoms with Crippen LogP contribution >= 0.6 is 0 Å². The van der Waals surface area contributed by atoms with Gasteiger partial charge in [0.2, 0.25) is 0 Å². The van der Waals surface area contributed by atoms with Crippen molar-refractivity contribution in [1.82, 2.24) is 10.2 Å². The fourth-order valence-electron chi connectivity index (χ4n) is 2.69. The number of likely N-dealkylation sites (tertiary alicyclic amines) is 1. The minimum atomic E-state index is -1.10. The predicted octanol–water partition coefficient (Wildman–Crippen LogP) is 2.57. The van der Waals surface area contributed by atoms with Gasteiger partial charge in [-0.25, -0.2) is 4.99 Å². The minimum Gasteiger partial charge on any atom is -0.466 e. The topological polar surface area (TPSA) is 61.0 Å². The molecule has 1 aromatic heterocycles. The molecule has 1 aliphatic heterocycles. The molecule has 0 bridgehead atoms. The Hall–Kier alpha value is -1.49. The van der Waals surface area contributed by atoms with Crippen LogP contribution in [0.3, 0.4) is 0 Å². The SMILES string of the molecule is CCNC(=NCC(C)(O)c1ccco1)N1CC(C)(C)C1(C)C. The van der Waals surface area contributed by atoms with Gasteiger partial charge in [0.05, 0.1) is 12.8 Å². The first-order valence-corrected chi connectivity index (χ1v) is 7.94. The number of hydrogen-bond acceptors (Lipinski definition) is 3. The molecule has 1 aromatic rings. The highest BCUT2D eigenvalue weighted by molar-refractivity contribution is 5.82. The second-order valence-electron chi connectivity index (χ2n) is 7.45. The molecular formula is C17H29N3O2. The standard InChI is InChI=1S/C17H29N3O2/c1-7-18-14(20-12-15(2,3)16(20,4)5)19-11-17(6,21)13-9-8-10-22-13/h8-10,21H,7,11-12H2,1-6H3,(H,18,19). The molecule has 1 saturated heterocycles. The second-order valence-corrected chi connectivity index (χ2v) is 7.45. The number of rotatable bonds is 4. The third-order valence-corrected chi connectivity index (χ3v) is 5.06. The Morgan fingerprint density at radius 1 is 1.45 bits per heavy atom. The second kappa shape index (κ2) is 5.61. The van der Waals surface area contributed by atoms with E-state index in [-0.39, 0.29) is 17.5 Å². The first-order chi connectivity index (χ1) is 10.1. The van der Waals surface area contributed by atoms with E-state index in [1.807, 2.05) is 0 Å². The van der Waals surface area contributed by atoms with Crippen LogP contribution < -0.4 is 5.32 Å². The summed E-state index contributed by atoms with van der Waals surface area (Å²) in [6, 6.07) is 3.55. The zero-order valence-electron chi connectivity index (χ0n) is 14.6. The maximum atomic E-state index is 10.5. The number of nitrogens with one attached hydrogen (secondary N) is 1. The van der Waals surface area contributed by atoms with Crippen molar-refractivity contribution in [1.29, 1.82) is 0 Å². The lowest BCUT2D eigenvalue weighted by Gasteiger charge is -2.62. The van der Waals surface area contributed by atoms with E-state index in [0.717, 1.165) is 19.0 Å². The van der Waals surface area contributed by atoms with Gasteiger partial charge in [0, 0.05) is 24.0 Å². The lowest BCUT2D eigenvalue weighted by atomic mass is 9.65. The van der Waals surface area contributed by atoms with Gasteiger partial charge in [-0.2, -0.15) is 0 Å². The molecule has 5 heteroatoms. The van der Waals surface area contributed by atoms with Crippen molar-refractivity contribution in [2.45, 2.75) is 52.7 Å². The van der Waals surface area contributed by atoms with Gasteiger partial charge in [-0.1, -0.05) is 13.8 Å². The summed E-state index contributed by atoms with van der Waals surface area (Å²) in [5.41, 5.74) is -0.827. The molecule has 0 radical (unpaired) electrons. The number of hydrogen-bond donors (Lipinski definition) is 2. The van der Waals surface area contributed by atoms with E-state index in [1.165, 1.54) is 0 Å². The van der Waals surface area contributed by atoms with Gasteiger partial charge in [-0.15, -0.1) is 0 Å². The quantitative estimate of drug-likeness (QED) is 0.663. The van der Waals surface area contributed by atoms with Gasteiger partial charge in [0.15, 0.2) is 5.96 Å². The molecule has 1 fully saturated rings. The lowest BCUT2D eigenvalue weighted by molar-refractivity contribution is -0.0671. The molecule has 2 rings (SSSR count). The largest absolute Gasteiger partial charge is 0.466 e. The minimum absolute atomic E-state index is 0.0323. The third-order valence-electron chi connectivity index (χ3n) is 5.06. The molecule has 2 N–H and O–H groups in total. The van der Waals surface area contributed by atoms with Crippen LogP contribution in [0.2, 0.25) is 0 Å². The normalized spacial score (nSPS) is 22.9. The van der Waals surface area contributed by atoms with Crippen LogP contribution in [0.4, 0.5) is 0 Å². The Bertz CT molecular complexity index is 530. The van der Waals surface area contributed by atoms with Crippen LogP contribution in [0.5, 0.6) is 0 Å². The van der Waals surface area contributed by atoms with Crippen molar-refractivity contribution in [2.75, 3.05) is 19.6 Å². The van der Waals surface area contributed by atoms with Crippen molar-refractivity contribution >= 4 is 5.96 Å². The Labute approximate surface area is 133 Å². The van der Waals surface area contributed by atoms with Gasteiger partial charge in [-0.3, -0.25) is 0 Å². The first kappa shape index (κ1) is 16.9. The van der Waals surface area contributed by atoms with Gasteiger partial charge in [-0.05, 0) is 39.8 Å². The molecule has 1 unspecified atom stereocenters. The summed E-state index contributed by atoms with van der Waals surface area (Å²) in [6.45, 7) is 14.8. The number of aliphatic imine (C=N–C) groups is 1. The summed E-state index contributed by atoms with van der Waals surface area (Å²) >= 11 is 0. The Morgan fingerprint density at radius 2 is 2.14 bits per heavy atom. The number of furan rings is 1. The molecule has 0 amide bonds. The summed E-state index contributed by atoms with van der Waals surface area (Å²) < 4.78 is 5.31. The fourth-order valence-corrected chi connectivity index (χ4v) is 2.69. The van der Waals surface area contributed by atoms with Crippen molar-refractivity contribution in [3.05, 3.63) is 24.2 Å². The monoisotopic (exact) mass is 307 g/mol. The van der Waals surface area contributed by atoms with Crippen LogP contribution in [0, 0.1) is 5.41 Å². The van der Waals surface area contributed by atoms with Crippen LogP contribution in [0.15, 0.2) is 27.8 Å². The molecule has 22 heavy (non-hydrogen) atoms. The van der Waals surface area contributed by atoms with Crippen LogP contribution in [0.1, 0.15) is 47.3 Å². The lowest BCUT2D eigenvalue weighted by Crippen LogP contribution is -2.72. The summed E-state index contributed by atoms with van der Waals surface area (Å²) in [6.07, 6.45) is 1.57. The zero-order valence-corrected chi connectivity index (χ0v) is 14.6. The predicted molar refractivity (Wildman–Crippen MR) is 88.8 cm³/mol. The van der Waals surface area contributed by atoms with E-state index < -0.39 is 5.60 Å². The summed E-state index contributed by atoms with van der Waals surface area (Å²) in [5, 5.41) is 13.9. The van der Waals surface area contributed by atoms with Crippen LogP contribution in [0.25, 0.3) is 0 Å². The van der Waals surface area contributed by atoms with Gasteiger partial charge < -0.3 is 19.7 Å². The Morgan fingerprint density at radius 3 is 2.59 bits per heavy atom. The number of guanidine groups is 1. The van der Waals surface area contributed by atoms with E-state index in [0.29, 0.717) is 5.76 Å². The smallest absolute Gasteiger partial charge is 0.194 e. The van der Waals surface area contributed by atoms with E-state index in [9.17, 15) is 5.11 Å². The average molecular weight is 307 g/mol. The van der Waals surface area contributed by atoms with E-state index in [2.05, 4.69) is 49.8 Å². The highest BCUT2D eigenvalue weighted by Gasteiger charge is 2.53. The van der Waals surface area contributed by atoms with Crippen molar-refractivity contribution in [2.24, 2.45) is 10.4 Å². The van der Waals surface area contributed by atoms with Crippen LogP contribution in [-0.4, -0.2) is 41.1 Å². The van der Waals surface area contributed by atoms with Crippen molar-refractivity contribution < 1.29 is 9.52 Å². The highest BCUT2D eigenvalue weighted by atomic mass is 16.4. The molecule has 0 spiro atoms. The van der Waals surface area contributed by atoms with Crippen molar-refractivity contribution in [3.8, 4) is 0 Å². The number of nitrogens with zero attached hydrogens (tertiary/aromatic N) is 2. The van der Waals surface area contributed by atoms with E-state index >= 15 is 0 Å². The van der Waals surface area contributed by atoms with E-state index in [4.69, 9.17) is 4.42 Å². The maximum Gasteiger partial charge on any atom is 0.194 e. The maximum absolute atomic E-state index is 10.5. The van der Waals surface area contributed by atoms with Gasteiger partial charge >= 0.3 is 0 Å². The zero-order chi connectivity index (χ0) is 16.6. The molecule has 0 saturated carbocycles. The average Bonchev–Trinajstić information content (AvgIpc) is 2.96. The molecule has 5 nitrogen and oxygen atoms in total. The Balaban J connectivity index is 2.15. The summed E-state index contributed by atoms with van der Waals surface area (Å²) in [5.74, 6) is 1.38. The Kier molecular flexibility index (Phi) is 4.30. The molecule has 0 aromatic carbocycles. The molecule has 1 aliphatic rings. The molecule has 2 heterocycles. The van der Waals surface area contributed by atoms with Gasteiger partial charge in [0.25, 0.3) is 0 Å². The fraction of sp³-hybridized carbons (Fsp3) is 0.706. The van der Waals surface area contributed by atoms with Crippen molar-refractivity contribution in [3.63, 3.8) is 0 Å². The van der Waals surface area contributed by atoms with Gasteiger partial charge in [0.1, 0.15) is 11.4 Å². The highest BCUT2D eigenvalue weighted by Crippen LogP contribution is 2.46. The number of aliphatic hydroxyl groups is 1. The molecule has 124 valence electrons. The van der Waals surface area contributed by atoms with Crippen LogP contribution in [-0.2, 0) is 5.60 Å². The van der Waals surface area contributed by atoms with E-state index in [1.54, 1.807) is 25.3 Å². The summed E-state index contributed by atoms with van der Waals surface area (Å²) in [7, 11) is 0. The molecule has 0 aliphatic carbocycles. The summed E-state index contributed by atoms with van der Waals surface area (Å²) in [4.78, 5) is 6.92. The molecule has 1 atom stereocenters.